The number of rotatable bonds is 10. The number of benzene rings is 22. The fourth-order valence-electron chi connectivity index (χ4n) is 20.2. The maximum atomic E-state index is 5.30. The highest BCUT2D eigenvalue weighted by molar-refractivity contribution is 7.27. The van der Waals surface area contributed by atoms with Gasteiger partial charge in [0.1, 0.15) is 0 Å². The summed E-state index contributed by atoms with van der Waals surface area (Å²) < 4.78 is 7.91. The highest BCUT2D eigenvalue weighted by Crippen LogP contribution is 2.49. The molecule has 0 radical (unpaired) electrons. The van der Waals surface area contributed by atoms with Crippen LogP contribution in [-0.4, -0.2) is 29.9 Å². The molecule has 0 saturated carbocycles. The smallest absolute Gasteiger partial charge is 0.0979 e. The highest BCUT2D eigenvalue weighted by Gasteiger charge is 2.22. The molecular weight excluding hydrogens is 1690 g/mol. The van der Waals surface area contributed by atoms with Crippen molar-refractivity contribution >= 4 is 192 Å². The number of nitrogens with zero attached hydrogens (tertiary/aromatic N) is 6. The second-order valence-corrected chi connectivity index (χ2v) is 37.7. The third-order valence-corrected chi connectivity index (χ3v) is 30.4. The minimum Gasteiger partial charge on any atom is -0.252 e. The second-order valence-electron chi connectivity index (χ2n) is 34.5. The van der Waals surface area contributed by atoms with E-state index in [0.29, 0.717) is 0 Å². The molecule has 6 heterocycles. The summed E-state index contributed by atoms with van der Waals surface area (Å²) in [6, 6.07) is 159. The van der Waals surface area contributed by atoms with Gasteiger partial charge in [-0.2, -0.15) is 0 Å². The standard InChI is InChI=1S/C46H28N2S.2C40H24N2S/c1-3-12-29(13-4-1)31-22-23-43-40(25-31)41-27-34(30-14-5-2-6-15-30)26-39(46(41)49-43)32-16-11-17-33(24-32)42-28-47-44-37-20-9-7-18-35(37)36-19-8-10-21-38(36)45(44)48-42;1-3-17-33-30(14-1)31-15-2-4-18-34(31)39-38(33)41-24-36(42-39)28-13-8-11-26(23-28)25-10-7-12-27(22-25)29-19-9-20-35-32-16-5-6-21-37(32)43-40(29)35;1-3-14-33-30(11-1)31-12-2-4-15-34(31)39-38(33)41-24-36(42-39)26-21-19-25(20-22-26)27-9-7-10-28(23-27)29-16-8-17-35-32-13-5-6-18-37(32)43-40(29)35/h1-28H;2*1-24H. The number of hydrogen-bond acceptors (Lipinski definition) is 9. The maximum Gasteiger partial charge on any atom is 0.0979 e. The Labute approximate surface area is 789 Å². The van der Waals surface area contributed by atoms with Crippen molar-refractivity contribution in [1.29, 1.82) is 0 Å². The van der Waals surface area contributed by atoms with Gasteiger partial charge in [-0.05, 0) is 165 Å². The van der Waals surface area contributed by atoms with Crippen molar-refractivity contribution in [2.24, 2.45) is 0 Å². The fraction of sp³-hybridized carbons (Fsp3) is 0. The van der Waals surface area contributed by atoms with E-state index in [1.807, 2.05) is 52.6 Å². The van der Waals surface area contributed by atoms with Gasteiger partial charge >= 0.3 is 0 Å². The average Bonchev–Trinajstić information content (AvgIpc) is 1.74. The molecule has 0 atom stereocenters. The minimum absolute atomic E-state index is 0.870. The average molecular weight is 1770 g/mol. The van der Waals surface area contributed by atoms with Crippen molar-refractivity contribution in [2.75, 3.05) is 0 Å². The Morgan fingerprint density at radius 3 is 0.822 bits per heavy atom. The van der Waals surface area contributed by atoms with Crippen molar-refractivity contribution in [1.82, 2.24) is 29.9 Å². The van der Waals surface area contributed by atoms with Crippen LogP contribution < -0.4 is 0 Å². The molecular formula is C126H76N6S3. The fourth-order valence-corrected chi connectivity index (χ4v) is 23.9. The molecule has 0 spiro atoms. The lowest BCUT2D eigenvalue weighted by molar-refractivity contribution is 1.31. The zero-order valence-corrected chi connectivity index (χ0v) is 75.2. The molecule has 28 rings (SSSR count). The number of fused-ring (bicyclic) bond motifs is 27. The molecule has 6 nitrogen and oxygen atoms in total. The molecule has 0 fully saturated rings. The van der Waals surface area contributed by atoms with Crippen LogP contribution in [0.15, 0.2) is 461 Å². The van der Waals surface area contributed by atoms with Crippen molar-refractivity contribution < 1.29 is 0 Å². The van der Waals surface area contributed by atoms with Crippen LogP contribution in [0.2, 0.25) is 0 Å². The summed E-state index contributed by atoms with van der Waals surface area (Å²) in [6.45, 7) is 0. The van der Waals surface area contributed by atoms with Gasteiger partial charge in [0.05, 0.1) is 68.8 Å². The van der Waals surface area contributed by atoms with Crippen LogP contribution in [0, 0.1) is 0 Å². The van der Waals surface area contributed by atoms with Crippen molar-refractivity contribution in [3.05, 3.63) is 461 Å². The third kappa shape index (κ3) is 14.0. The van der Waals surface area contributed by atoms with Crippen molar-refractivity contribution in [3.63, 3.8) is 0 Å². The van der Waals surface area contributed by atoms with Gasteiger partial charge in [-0.1, -0.05) is 382 Å². The molecule has 0 aliphatic rings. The predicted molar refractivity (Wildman–Crippen MR) is 577 cm³/mol. The third-order valence-electron chi connectivity index (χ3n) is 26.7. The molecule has 6 aromatic heterocycles. The molecule has 0 bridgehead atoms. The van der Waals surface area contributed by atoms with Gasteiger partial charge in [-0.3, -0.25) is 15.0 Å². The molecule has 22 aromatic carbocycles. The lowest BCUT2D eigenvalue weighted by Crippen LogP contribution is -1.92. The quantitative estimate of drug-likeness (QED) is 0.127. The summed E-state index contributed by atoms with van der Waals surface area (Å²) in [5, 5.41) is 21.9. The van der Waals surface area contributed by atoms with Gasteiger partial charge < -0.3 is 0 Å². The largest absolute Gasteiger partial charge is 0.252 e. The molecule has 0 aliphatic heterocycles. The Morgan fingerprint density at radius 2 is 0.393 bits per heavy atom. The van der Waals surface area contributed by atoms with E-state index in [9.17, 15) is 0 Å². The molecule has 0 saturated heterocycles. The zero-order valence-electron chi connectivity index (χ0n) is 72.8. The SMILES string of the molecule is c1cc(-c2ccc(-c3cnc4c5ccccc5c5ccccc5c4n3)cc2)cc(-c2cccc3c2sc2ccccc23)c1.c1cc(-c2cccc(-c3cccc4c3sc3ccccc34)c2)cc(-c2cnc3c4ccccc4c4ccccc4c3n2)c1.c1ccc(-c2ccc3sc4c(-c5cccc(-c6cnc7c8ccccc8c8ccccc8c7n6)c5)cc(-c5ccccc5)cc4c3c2)cc1. The van der Waals surface area contributed by atoms with Crippen molar-refractivity contribution in [3.8, 4) is 112 Å². The van der Waals surface area contributed by atoms with Gasteiger partial charge in [0, 0.05) is 115 Å². The first-order chi connectivity index (χ1) is 66.9. The maximum absolute atomic E-state index is 5.30. The molecule has 0 aliphatic carbocycles. The topological polar surface area (TPSA) is 77.3 Å². The summed E-state index contributed by atoms with van der Waals surface area (Å²) in [6.07, 6.45) is 5.76. The van der Waals surface area contributed by atoms with Crippen LogP contribution in [0.3, 0.4) is 0 Å². The number of hydrogen-bond donors (Lipinski definition) is 0. The van der Waals surface area contributed by atoms with Crippen LogP contribution in [0.25, 0.3) is 270 Å². The van der Waals surface area contributed by atoms with E-state index in [4.69, 9.17) is 29.9 Å². The van der Waals surface area contributed by atoms with Gasteiger partial charge in [0.2, 0.25) is 0 Å². The van der Waals surface area contributed by atoms with Gasteiger partial charge in [0.25, 0.3) is 0 Å². The van der Waals surface area contributed by atoms with E-state index in [1.54, 1.807) is 0 Å². The molecule has 0 N–H and O–H groups in total. The summed E-state index contributed by atoms with van der Waals surface area (Å²) >= 11 is 5.61. The molecule has 135 heavy (non-hydrogen) atoms. The highest BCUT2D eigenvalue weighted by atomic mass is 32.1. The monoisotopic (exact) mass is 1770 g/mol. The van der Waals surface area contributed by atoms with Crippen LogP contribution >= 0.6 is 34.0 Å². The Bertz CT molecular complexity index is 9550. The number of aromatic nitrogens is 6. The summed E-state index contributed by atoms with van der Waals surface area (Å²) in [5.74, 6) is 0. The lowest BCUT2D eigenvalue weighted by Gasteiger charge is -2.12. The second kappa shape index (κ2) is 33.2. The van der Waals surface area contributed by atoms with Crippen molar-refractivity contribution in [2.45, 2.75) is 0 Å². The first-order valence-electron chi connectivity index (χ1n) is 45.6. The van der Waals surface area contributed by atoms with E-state index >= 15 is 0 Å². The summed E-state index contributed by atoms with van der Waals surface area (Å²) in [7, 11) is 0. The van der Waals surface area contributed by atoms with E-state index in [2.05, 4.69) is 443 Å². The molecule has 0 amide bonds. The van der Waals surface area contributed by atoms with E-state index < -0.39 is 0 Å². The summed E-state index contributed by atoms with van der Waals surface area (Å²) in [4.78, 5) is 30.6. The van der Waals surface area contributed by atoms with Crippen LogP contribution in [-0.2, 0) is 0 Å². The predicted octanol–water partition coefficient (Wildman–Crippen LogP) is 35.6. The zero-order chi connectivity index (χ0) is 89.0. The molecule has 9 heteroatoms. The Balaban J connectivity index is 0.000000106. The van der Waals surface area contributed by atoms with Crippen LogP contribution in [0.1, 0.15) is 0 Å². The van der Waals surface area contributed by atoms with Gasteiger partial charge in [-0.25, -0.2) is 15.0 Å². The molecule has 0 unspecified atom stereocenters. The van der Waals surface area contributed by atoms with E-state index in [1.165, 1.54) is 165 Å². The first kappa shape index (κ1) is 79.1. The normalized spacial score (nSPS) is 11.7. The molecule has 628 valence electrons. The lowest BCUT2D eigenvalue weighted by atomic mass is 9.94. The Hall–Kier alpha value is -16.9. The Morgan fingerprint density at radius 1 is 0.133 bits per heavy atom. The van der Waals surface area contributed by atoms with E-state index in [0.717, 1.165) is 105 Å². The van der Waals surface area contributed by atoms with Gasteiger partial charge in [0.15, 0.2) is 0 Å². The van der Waals surface area contributed by atoms with Crippen LogP contribution in [0.4, 0.5) is 0 Å². The summed E-state index contributed by atoms with van der Waals surface area (Å²) in [5.41, 5.74) is 28.4. The molecule has 28 aromatic rings. The minimum atomic E-state index is 0.870. The Kier molecular flexibility index (Phi) is 19.4. The van der Waals surface area contributed by atoms with E-state index in [-0.39, 0.29) is 0 Å². The van der Waals surface area contributed by atoms with Gasteiger partial charge in [-0.15, -0.1) is 34.0 Å². The number of thiophene rings is 3. The first-order valence-corrected chi connectivity index (χ1v) is 48.0. The van der Waals surface area contributed by atoms with Crippen LogP contribution in [0.5, 0.6) is 0 Å².